The summed E-state index contributed by atoms with van der Waals surface area (Å²) in [4.78, 5) is 0.946. The van der Waals surface area contributed by atoms with Gasteiger partial charge in [0.15, 0.2) is 0 Å². The van der Waals surface area contributed by atoms with Crippen LogP contribution in [0.15, 0.2) is 59.5 Å². The minimum Gasteiger partial charge on any atom is -0.489 e. The van der Waals surface area contributed by atoms with E-state index < -0.39 is 0 Å². The van der Waals surface area contributed by atoms with Crippen LogP contribution in [-0.2, 0) is 26.1 Å². The molecule has 2 rings (SSSR count). The first kappa shape index (κ1) is 13.3. The van der Waals surface area contributed by atoms with Gasteiger partial charge in [-0.3, -0.25) is 0 Å². The topological polar surface area (TPSA) is 9.23 Å². The van der Waals surface area contributed by atoms with Gasteiger partial charge < -0.3 is 4.74 Å². The Morgan fingerprint density at radius 2 is 1.50 bits per heavy atom. The number of benzene rings is 2. The monoisotopic (exact) mass is 280 g/mol. The second-order valence-corrected chi connectivity index (χ2v) is 3.78. The fourth-order valence-corrected chi connectivity index (χ4v) is 1.43. The Kier molecular flexibility index (Phi) is 5.58. The summed E-state index contributed by atoms with van der Waals surface area (Å²) in [6, 6.07) is 17.8. The third kappa shape index (κ3) is 3.99. The maximum atomic E-state index is 5.61. The Labute approximate surface area is 114 Å². The van der Waals surface area contributed by atoms with Gasteiger partial charge in [0.2, 0.25) is 0 Å². The van der Waals surface area contributed by atoms with Gasteiger partial charge in [0.1, 0.15) is 12.4 Å². The molecule has 0 heterocycles. The minimum atomic E-state index is 0. The van der Waals surface area contributed by atoms with E-state index in [2.05, 4.69) is 12.6 Å². The third-order valence-corrected chi connectivity index (χ3v) is 2.38. The van der Waals surface area contributed by atoms with Crippen LogP contribution in [-0.4, -0.2) is 0 Å². The van der Waals surface area contributed by atoms with Crippen LogP contribution in [0.3, 0.4) is 0 Å². The van der Waals surface area contributed by atoms with E-state index in [1.807, 2.05) is 54.6 Å². The van der Waals surface area contributed by atoms with Crippen molar-refractivity contribution in [3.05, 3.63) is 60.2 Å². The SMILES string of the molecule is Sc1ccc(OCc2ccccc2)cc1.[Zn]. The predicted molar refractivity (Wildman–Crippen MR) is 64.5 cm³/mol. The van der Waals surface area contributed by atoms with Crippen LogP contribution < -0.4 is 4.74 Å². The van der Waals surface area contributed by atoms with Crippen molar-refractivity contribution >= 4 is 12.6 Å². The summed E-state index contributed by atoms with van der Waals surface area (Å²) in [7, 11) is 0. The summed E-state index contributed by atoms with van der Waals surface area (Å²) in [6.45, 7) is 0.604. The van der Waals surface area contributed by atoms with Crippen molar-refractivity contribution in [1.82, 2.24) is 0 Å². The average Bonchev–Trinajstić information content (AvgIpc) is 2.30. The number of hydrogen-bond acceptors (Lipinski definition) is 2. The van der Waals surface area contributed by atoms with Gasteiger partial charge >= 0.3 is 0 Å². The smallest absolute Gasteiger partial charge is 0.119 e. The number of thiol groups is 1. The number of ether oxygens (including phenoxy) is 1. The van der Waals surface area contributed by atoms with E-state index in [9.17, 15) is 0 Å². The van der Waals surface area contributed by atoms with Crippen molar-refractivity contribution < 1.29 is 24.2 Å². The molecule has 2 aromatic rings. The van der Waals surface area contributed by atoms with Crippen molar-refractivity contribution in [2.24, 2.45) is 0 Å². The molecule has 0 amide bonds. The van der Waals surface area contributed by atoms with Crippen molar-refractivity contribution in [3.63, 3.8) is 0 Å². The van der Waals surface area contributed by atoms with Gasteiger partial charge in [0, 0.05) is 24.4 Å². The Morgan fingerprint density at radius 3 is 2.12 bits per heavy atom. The summed E-state index contributed by atoms with van der Waals surface area (Å²) in [6.07, 6.45) is 0. The van der Waals surface area contributed by atoms with E-state index in [1.54, 1.807) is 0 Å². The van der Waals surface area contributed by atoms with E-state index in [-0.39, 0.29) is 19.5 Å². The largest absolute Gasteiger partial charge is 0.489 e. The molecule has 3 heteroatoms. The molecule has 0 aromatic heterocycles. The molecule has 0 unspecified atom stereocenters. The second-order valence-electron chi connectivity index (χ2n) is 3.27. The van der Waals surface area contributed by atoms with Crippen molar-refractivity contribution in [2.75, 3.05) is 0 Å². The van der Waals surface area contributed by atoms with Crippen LogP contribution in [0, 0.1) is 0 Å². The van der Waals surface area contributed by atoms with Crippen LogP contribution in [0.1, 0.15) is 5.56 Å². The fourth-order valence-electron chi connectivity index (χ4n) is 1.28. The van der Waals surface area contributed by atoms with Gasteiger partial charge in [-0.15, -0.1) is 12.6 Å². The second kappa shape index (κ2) is 6.72. The van der Waals surface area contributed by atoms with E-state index in [4.69, 9.17) is 4.74 Å². The summed E-state index contributed by atoms with van der Waals surface area (Å²) in [5.41, 5.74) is 1.17. The zero-order chi connectivity index (χ0) is 10.5. The summed E-state index contributed by atoms with van der Waals surface area (Å²) >= 11 is 4.21. The Morgan fingerprint density at radius 1 is 0.875 bits per heavy atom. The van der Waals surface area contributed by atoms with Crippen LogP contribution >= 0.6 is 12.6 Å². The van der Waals surface area contributed by atoms with Crippen molar-refractivity contribution in [1.29, 1.82) is 0 Å². The van der Waals surface area contributed by atoms with E-state index in [1.165, 1.54) is 5.56 Å². The molecule has 2 aromatic carbocycles. The van der Waals surface area contributed by atoms with Gasteiger partial charge in [0.05, 0.1) is 0 Å². The minimum absolute atomic E-state index is 0. The van der Waals surface area contributed by atoms with Gasteiger partial charge in [-0.2, -0.15) is 0 Å². The first-order valence-electron chi connectivity index (χ1n) is 4.80. The van der Waals surface area contributed by atoms with Crippen molar-refractivity contribution in [3.8, 4) is 5.75 Å². The average molecular weight is 282 g/mol. The Balaban J connectivity index is 0.00000128. The number of hydrogen-bond donors (Lipinski definition) is 1. The van der Waals surface area contributed by atoms with E-state index in [0.29, 0.717) is 6.61 Å². The summed E-state index contributed by atoms with van der Waals surface area (Å²) < 4.78 is 5.61. The van der Waals surface area contributed by atoms with Crippen LogP contribution in [0.25, 0.3) is 0 Å². The summed E-state index contributed by atoms with van der Waals surface area (Å²) in [5, 5.41) is 0. The maximum Gasteiger partial charge on any atom is 0.119 e. The molecule has 1 nitrogen and oxygen atoms in total. The first-order valence-corrected chi connectivity index (χ1v) is 5.25. The van der Waals surface area contributed by atoms with Crippen molar-refractivity contribution in [2.45, 2.75) is 11.5 Å². The molecule has 0 saturated carbocycles. The van der Waals surface area contributed by atoms with E-state index in [0.717, 1.165) is 10.6 Å². The molecule has 0 aliphatic carbocycles. The molecular weight excluding hydrogens is 270 g/mol. The molecule has 0 aliphatic heterocycles. The Bertz CT molecular complexity index is 414. The van der Waals surface area contributed by atoms with E-state index >= 15 is 0 Å². The van der Waals surface area contributed by atoms with Crippen LogP contribution in [0.2, 0.25) is 0 Å². The molecule has 0 saturated heterocycles. The molecule has 0 fully saturated rings. The molecule has 0 bridgehead atoms. The van der Waals surface area contributed by atoms with Crippen LogP contribution in [0.5, 0.6) is 5.75 Å². The third-order valence-electron chi connectivity index (χ3n) is 2.09. The van der Waals surface area contributed by atoms with Gasteiger partial charge in [0.25, 0.3) is 0 Å². The number of rotatable bonds is 3. The Hall–Kier alpha value is -0.787. The molecule has 0 radical (unpaired) electrons. The molecule has 0 N–H and O–H groups in total. The molecule has 16 heavy (non-hydrogen) atoms. The molecule has 0 atom stereocenters. The molecule has 0 aliphatic rings. The predicted octanol–water partition coefficient (Wildman–Crippen LogP) is 3.55. The summed E-state index contributed by atoms with van der Waals surface area (Å²) in [5.74, 6) is 0.872. The fraction of sp³-hybridized carbons (Fsp3) is 0.0769. The molecule has 78 valence electrons. The van der Waals surface area contributed by atoms with Gasteiger partial charge in [-0.1, -0.05) is 30.3 Å². The van der Waals surface area contributed by atoms with Gasteiger partial charge in [-0.05, 0) is 29.8 Å². The standard InChI is InChI=1S/C13H12OS.Zn/c15-13-8-6-12(7-9-13)14-10-11-4-2-1-3-5-11;/h1-9,15H,10H2;. The van der Waals surface area contributed by atoms with Gasteiger partial charge in [-0.25, -0.2) is 0 Å². The maximum absolute atomic E-state index is 5.61. The molecule has 0 spiro atoms. The molecular formula is C13H12OSZn. The quantitative estimate of drug-likeness (QED) is 0.669. The van der Waals surface area contributed by atoms with Crippen LogP contribution in [0.4, 0.5) is 0 Å². The first-order chi connectivity index (χ1) is 7.34. The zero-order valence-electron chi connectivity index (χ0n) is 8.97. The normalized spacial score (nSPS) is 9.31. The zero-order valence-corrected chi connectivity index (χ0v) is 12.8.